The van der Waals surface area contributed by atoms with Crippen molar-refractivity contribution in [1.82, 2.24) is 10.6 Å². The van der Waals surface area contributed by atoms with Gasteiger partial charge < -0.3 is 20.5 Å². The third-order valence-corrected chi connectivity index (χ3v) is 4.64. The number of hydrogen-bond acceptors (Lipinski definition) is 3. The number of aliphatic hydroxyl groups is 1. The molecule has 0 saturated carbocycles. The van der Waals surface area contributed by atoms with Gasteiger partial charge in [0, 0.05) is 30.2 Å². The van der Waals surface area contributed by atoms with Crippen molar-refractivity contribution in [2.75, 3.05) is 13.6 Å². The fraction of sp³-hybridized carbons (Fsp3) is 0.316. The number of benzene rings is 2. The summed E-state index contributed by atoms with van der Waals surface area (Å²) in [6.07, 6.45) is -0.748. The van der Waals surface area contributed by atoms with Gasteiger partial charge in [0.15, 0.2) is 5.96 Å². The predicted molar refractivity (Wildman–Crippen MR) is 105 cm³/mol. The molecule has 7 heteroatoms. The molecule has 2 aromatic rings. The minimum Gasteiger partial charge on any atom is -0.387 e. The standard InChI is InChI=1S/C19H21Cl2N3O2/c1-22-19(23-8-12-2-3-13-10-26-11-15(13)4-12)24-9-18(25)14-5-16(20)7-17(21)6-14/h2-7,18,25H,8-11H2,1H3,(H2,22,23,24). The number of aliphatic hydroxyl groups excluding tert-OH is 1. The summed E-state index contributed by atoms with van der Waals surface area (Å²) < 4.78 is 5.44. The van der Waals surface area contributed by atoms with Crippen LogP contribution in [0, 0.1) is 0 Å². The van der Waals surface area contributed by atoms with Gasteiger partial charge in [-0.2, -0.15) is 0 Å². The van der Waals surface area contributed by atoms with Crippen LogP contribution < -0.4 is 10.6 Å². The molecule has 1 heterocycles. The van der Waals surface area contributed by atoms with E-state index in [1.165, 1.54) is 11.1 Å². The number of halogens is 2. The lowest BCUT2D eigenvalue weighted by Gasteiger charge is -2.16. The highest BCUT2D eigenvalue weighted by atomic mass is 35.5. The Morgan fingerprint density at radius 3 is 2.58 bits per heavy atom. The maximum absolute atomic E-state index is 10.3. The monoisotopic (exact) mass is 393 g/mol. The first-order valence-corrected chi connectivity index (χ1v) is 9.08. The molecule has 26 heavy (non-hydrogen) atoms. The number of guanidine groups is 1. The van der Waals surface area contributed by atoms with E-state index in [0.717, 1.165) is 5.56 Å². The van der Waals surface area contributed by atoms with E-state index in [4.69, 9.17) is 27.9 Å². The van der Waals surface area contributed by atoms with Gasteiger partial charge in [0.25, 0.3) is 0 Å². The zero-order valence-corrected chi connectivity index (χ0v) is 15.9. The van der Waals surface area contributed by atoms with Crippen LogP contribution in [0.15, 0.2) is 41.4 Å². The van der Waals surface area contributed by atoms with E-state index in [9.17, 15) is 5.11 Å². The van der Waals surface area contributed by atoms with Crippen LogP contribution in [0.2, 0.25) is 10.0 Å². The maximum atomic E-state index is 10.3. The van der Waals surface area contributed by atoms with E-state index in [0.29, 0.717) is 41.3 Å². The van der Waals surface area contributed by atoms with Crippen LogP contribution >= 0.6 is 23.2 Å². The lowest BCUT2D eigenvalue weighted by atomic mass is 10.1. The predicted octanol–water partition coefficient (Wildman–Crippen LogP) is 3.42. The summed E-state index contributed by atoms with van der Waals surface area (Å²) >= 11 is 12.0. The fourth-order valence-corrected chi connectivity index (χ4v) is 3.36. The molecule has 2 aromatic carbocycles. The average molecular weight is 394 g/mol. The molecule has 0 aliphatic carbocycles. The van der Waals surface area contributed by atoms with E-state index < -0.39 is 6.10 Å². The van der Waals surface area contributed by atoms with Gasteiger partial charge in [0.05, 0.1) is 19.3 Å². The van der Waals surface area contributed by atoms with Gasteiger partial charge in [-0.3, -0.25) is 4.99 Å². The lowest BCUT2D eigenvalue weighted by molar-refractivity contribution is 0.134. The van der Waals surface area contributed by atoms with Gasteiger partial charge in [-0.15, -0.1) is 0 Å². The van der Waals surface area contributed by atoms with Crippen LogP contribution in [0.3, 0.4) is 0 Å². The molecular weight excluding hydrogens is 373 g/mol. The number of hydrogen-bond donors (Lipinski definition) is 3. The molecule has 0 radical (unpaired) electrons. The molecule has 0 bridgehead atoms. The topological polar surface area (TPSA) is 65.9 Å². The van der Waals surface area contributed by atoms with Gasteiger partial charge >= 0.3 is 0 Å². The van der Waals surface area contributed by atoms with E-state index >= 15 is 0 Å². The Morgan fingerprint density at radius 2 is 1.85 bits per heavy atom. The molecule has 0 amide bonds. The molecule has 1 unspecified atom stereocenters. The van der Waals surface area contributed by atoms with Crippen molar-refractivity contribution >= 4 is 29.2 Å². The van der Waals surface area contributed by atoms with E-state index in [1.807, 2.05) is 0 Å². The Balaban J connectivity index is 1.53. The van der Waals surface area contributed by atoms with Crippen molar-refractivity contribution in [3.8, 4) is 0 Å². The second-order valence-electron chi connectivity index (χ2n) is 6.12. The highest BCUT2D eigenvalue weighted by molar-refractivity contribution is 6.34. The molecule has 0 spiro atoms. The minimum absolute atomic E-state index is 0.286. The molecule has 5 nitrogen and oxygen atoms in total. The zero-order valence-electron chi connectivity index (χ0n) is 14.4. The minimum atomic E-state index is -0.748. The molecule has 0 fully saturated rings. The molecule has 138 valence electrons. The molecule has 0 aromatic heterocycles. The summed E-state index contributed by atoms with van der Waals surface area (Å²) in [7, 11) is 1.69. The van der Waals surface area contributed by atoms with Crippen molar-refractivity contribution in [1.29, 1.82) is 0 Å². The van der Waals surface area contributed by atoms with E-state index in [2.05, 4.69) is 33.8 Å². The first-order valence-electron chi connectivity index (χ1n) is 8.32. The SMILES string of the molecule is CN=C(NCc1ccc2c(c1)COC2)NCC(O)c1cc(Cl)cc(Cl)c1. The highest BCUT2D eigenvalue weighted by Crippen LogP contribution is 2.23. The first kappa shape index (κ1) is 19.0. The third kappa shape index (κ3) is 4.89. The smallest absolute Gasteiger partial charge is 0.191 e. The molecule has 0 saturated heterocycles. The van der Waals surface area contributed by atoms with Crippen molar-refractivity contribution in [3.63, 3.8) is 0 Å². The molecule has 3 N–H and O–H groups in total. The molecular formula is C19H21Cl2N3O2. The van der Waals surface area contributed by atoms with Crippen LogP contribution in [-0.4, -0.2) is 24.7 Å². The van der Waals surface area contributed by atoms with Crippen LogP contribution in [-0.2, 0) is 24.5 Å². The first-order chi connectivity index (χ1) is 12.5. The number of nitrogens with zero attached hydrogens (tertiary/aromatic N) is 1. The quantitative estimate of drug-likeness (QED) is 0.537. The van der Waals surface area contributed by atoms with Crippen molar-refractivity contribution in [2.24, 2.45) is 4.99 Å². The van der Waals surface area contributed by atoms with Crippen molar-refractivity contribution < 1.29 is 9.84 Å². The zero-order chi connectivity index (χ0) is 18.5. The van der Waals surface area contributed by atoms with Crippen molar-refractivity contribution in [2.45, 2.75) is 25.9 Å². The lowest BCUT2D eigenvalue weighted by Crippen LogP contribution is -2.39. The summed E-state index contributed by atoms with van der Waals surface area (Å²) in [4.78, 5) is 4.18. The second kappa shape index (κ2) is 8.73. The summed E-state index contributed by atoms with van der Waals surface area (Å²) in [6.45, 7) is 2.28. The summed E-state index contributed by atoms with van der Waals surface area (Å²) in [5.41, 5.74) is 4.29. The Labute approximate surface area is 163 Å². The molecule has 1 aliphatic heterocycles. The van der Waals surface area contributed by atoms with Crippen LogP contribution in [0.25, 0.3) is 0 Å². The van der Waals surface area contributed by atoms with Gasteiger partial charge in [-0.05, 0) is 40.5 Å². The Hall–Kier alpha value is -1.79. The summed E-state index contributed by atoms with van der Waals surface area (Å²) in [5, 5.41) is 17.7. The Bertz CT molecular complexity index is 791. The average Bonchev–Trinajstić information content (AvgIpc) is 3.08. The number of ether oxygens (including phenoxy) is 1. The van der Waals surface area contributed by atoms with Gasteiger partial charge in [-0.25, -0.2) is 0 Å². The van der Waals surface area contributed by atoms with Gasteiger partial charge in [0.2, 0.25) is 0 Å². The number of nitrogens with one attached hydrogen (secondary N) is 2. The van der Waals surface area contributed by atoms with Gasteiger partial charge in [-0.1, -0.05) is 41.4 Å². The van der Waals surface area contributed by atoms with Crippen molar-refractivity contribution in [3.05, 3.63) is 68.7 Å². The maximum Gasteiger partial charge on any atom is 0.191 e. The van der Waals surface area contributed by atoms with Crippen LogP contribution in [0.4, 0.5) is 0 Å². The largest absolute Gasteiger partial charge is 0.387 e. The second-order valence-corrected chi connectivity index (χ2v) is 6.99. The Morgan fingerprint density at radius 1 is 1.12 bits per heavy atom. The molecule has 1 atom stereocenters. The van der Waals surface area contributed by atoms with Crippen LogP contribution in [0.5, 0.6) is 0 Å². The highest BCUT2D eigenvalue weighted by Gasteiger charge is 2.12. The number of rotatable bonds is 5. The van der Waals surface area contributed by atoms with Crippen LogP contribution in [0.1, 0.15) is 28.4 Å². The van der Waals surface area contributed by atoms with E-state index in [1.54, 1.807) is 25.2 Å². The Kier molecular flexibility index (Phi) is 6.38. The van der Waals surface area contributed by atoms with Gasteiger partial charge in [0.1, 0.15) is 0 Å². The number of fused-ring (bicyclic) bond motifs is 1. The molecule has 3 rings (SSSR count). The third-order valence-electron chi connectivity index (χ3n) is 4.20. The normalized spacial score (nSPS) is 14.8. The van der Waals surface area contributed by atoms with E-state index in [-0.39, 0.29) is 6.54 Å². The fourth-order valence-electron chi connectivity index (χ4n) is 2.82. The molecule has 1 aliphatic rings. The summed E-state index contributed by atoms with van der Waals surface area (Å²) in [5.74, 6) is 0.605. The number of aliphatic imine (C=N–C) groups is 1. The summed E-state index contributed by atoms with van der Waals surface area (Å²) in [6, 6.07) is 11.4.